The summed E-state index contributed by atoms with van der Waals surface area (Å²) in [6, 6.07) is 21.0. The van der Waals surface area contributed by atoms with Gasteiger partial charge in [-0.15, -0.1) is 0 Å². The first kappa shape index (κ1) is 39.3. The van der Waals surface area contributed by atoms with Gasteiger partial charge in [-0.1, -0.05) is 18.2 Å². The fraction of sp³-hybridized carbons (Fsp3) is 0. The minimum Gasteiger partial charge on any atom is -1.00 e. The van der Waals surface area contributed by atoms with E-state index in [0.29, 0.717) is 11.6 Å². The van der Waals surface area contributed by atoms with E-state index in [4.69, 9.17) is 0 Å². The van der Waals surface area contributed by atoms with Crippen LogP contribution in [-0.4, -0.2) is 34.9 Å². The van der Waals surface area contributed by atoms with Crippen LogP contribution in [0.25, 0.3) is 34.4 Å². The average molecular weight is 776 g/mol. The molecule has 0 amide bonds. The third-order valence-electron chi connectivity index (χ3n) is 3.94. The maximum Gasteiger partial charge on any atom is 3.00 e. The molecular formula is C23H17ClF6N7PRhRu+3. The van der Waals surface area contributed by atoms with Crippen LogP contribution in [0.4, 0.5) is 21.0 Å². The van der Waals surface area contributed by atoms with Gasteiger partial charge in [-0.05, 0) is 48.5 Å². The van der Waals surface area contributed by atoms with Crippen LogP contribution in [-0.2, 0) is 39.0 Å². The zero-order valence-corrected chi connectivity index (χ0v) is 24.8. The molecule has 0 radical (unpaired) electrons. The minimum absolute atomic E-state index is 0. The van der Waals surface area contributed by atoms with Crippen LogP contribution < -0.4 is 17.1 Å². The summed E-state index contributed by atoms with van der Waals surface area (Å²) in [5.41, 5.74) is 3.46. The van der Waals surface area contributed by atoms with E-state index < -0.39 is 8.16 Å². The molecule has 0 fully saturated rings. The van der Waals surface area contributed by atoms with Crippen molar-refractivity contribution in [2.75, 3.05) is 0 Å². The normalized spacial score (nSPS) is 10.4. The fourth-order valence-electron chi connectivity index (χ4n) is 2.58. The van der Waals surface area contributed by atoms with Gasteiger partial charge in [0.25, 0.3) is 0 Å². The Morgan fingerprint density at radius 3 is 1.05 bits per heavy atom. The summed E-state index contributed by atoms with van der Waals surface area (Å²) in [4.78, 5) is 29.2. The zero-order valence-electron chi connectivity index (χ0n) is 19.7. The molecule has 0 saturated heterocycles. The molecule has 0 saturated carbocycles. The summed E-state index contributed by atoms with van der Waals surface area (Å²) in [6.45, 7) is 0. The van der Waals surface area contributed by atoms with Crippen LogP contribution >= 0.6 is 8.16 Å². The Morgan fingerprint density at radius 2 is 0.750 bits per heavy atom. The van der Waals surface area contributed by atoms with E-state index in [9.17, 15) is 21.0 Å². The summed E-state index contributed by atoms with van der Waals surface area (Å²) in [5.74, 6) is 1.11. The molecule has 0 aliphatic carbocycles. The maximum atomic E-state index is 9.84. The summed E-state index contributed by atoms with van der Waals surface area (Å²) >= 11 is 0. The monoisotopic (exact) mass is 776 g/mol. The molecule has 0 aliphatic heterocycles. The third kappa shape index (κ3) is 15.7. The first-order chi connectivity index (χ1) is 17.1. The van der Waals surface area contributed by atoms with Crippen LogP contribution in [0, 0.1) is 0 Å². The number of hydrogen-bond acceptors (Lipinski definition) is 7. The number of rotatable bonds is 3. The molecule has 5 aromatic rings. The fourth-order valence-corrected chi connectivity index (χ4v) is 2.58. The largest absolute Gasteiger partial charge is 3.00 e. The molecule has 7 nitrogen and oxygen atoms in total. The quantitative estimate of drug-likeness (QED) is 0.154. The molecule has 0 aliphatic rings. The van der Waals surface area contributed by atoms with Gasteiger partial charge in [-0.25, -0.2) is 24.9 Å². The van der Waals surface area contributed by atoms with Gasteiger partial charge in [0.05, 0.1) is 22.8 Å². The van der Waals surface area contributed by atoms with E-state index in [1.807, 2.05) is 54.6 Å². The van der Waals surface area contributed by atoms with Crippen molar-refractivity contribution in [3.8, 4) is 34.4 Å². The number of hydrogen-bond donors (Lipinski definition) is 0. The van der Waals surface area contributed by atoms with E-state index in [1.165, 1.54) is 0 Å². The molecule has 5 heterocycles. The molecule has 0 unspecified atom stereocenters. The van der Waals surface area contributed by atoms with Gasteiger partial charge in [-0.2, -0.15) is 0 Å². The number of aromatic nitrogens is 7. The molecule has 0 aromatic carbocycles. The van der Waals surface area contributed by atoms with Crippen molar-refractivity contribution in [3.63, 3.8) is 0 Å². The van der Waals surface area contributed by atoms with Crippen LogP contribution in [0.5, 0.6) is 0 Å². The molecule has 0 N–H and O–H groups in total. The summed E-state index contributed by atoms with van der Waals surface area (Å²) < 4.78 is 49.2. The summed E-state index contributed by atoms with van der Waals surface area (Å²) in [5, 5.41) is 0. The summed E-state index contributed by atoms with van der Waals surface area (Å²) in [6.07, 6.45) is 10.2. The Kier molecular flexibility index (Phi) is 18.2. The van der Waals surface area contributed by atoms with Crippen LogP contribution in [0.15, 0.2) is 104 Å². The third-order valence-corrected chi connectivity index (χ3v) is 3.94. The van der Waals surface area contributed by atoms with Crippen molar-refractivity contribution in [2.45, 2.75) is 0 Å². The standard InChI is InChI=1S/C15H11N3.C8H6N4.ClH.F5P.FH.Rh.Ru/c1-3-10-16-12(6-1)14-8-5-9-15(18-14)13-7-2-4-11-17-13;1-3-9-7(10-4-1)8-11-5-2-6-12-8;;1-6(2,3,4)5;;;/h1-11H;1-6H;1H;;1H;;/q;;;;;+3;+2/p-2. The van der Waals surface area contributed by atoms with Gasteiger partial charge in [0.1, 0.15) is 0 Å². The van der Waals surface area contributed by atoms with Gasteiger partial charge in [0, 0.05) is 37.2 Å². The molecule has 0 bridgehead atoms. The van der Waals surface area contributed by atoms with Gasteiger partial charge in [-0.3, -0.25) is 9.97 Å². The van der Waals surface area contributed by atoms with Crippen molar-refractivity contribution in [2.24, 2.45) is 0 Å². The van der Waals surface area contributed by atoms with Gasteiger partial charge in [0.15, 0.2) is 11.6 Å². The molecule has 0 atom stereocenters. The van der Waals surface area contributed by atoms with E-state index in [2.05, 4.69) is 34.9 Å². The number of pyridine rings is 3. The maximum absolute atomic E-state index is 9.84. The number of halogens is 7. The first-order valence-corrected chi connectivity index (χ1v) is 11.8. The minimum atomic E-state index is -8.55. The van der Waals surface area contributed by atoms with Crippen LogP contribution in [0.3, 0.4) is 0 Å². The van der Waals surface area contributed by atoms with Gasteiger partial charge >= 0.3 is 68.1 Å². The van der Waals surface area contributed by atoms with E-state index in [0.717, 1.165) is 22.8 Å². The Labute approximate surface area is 257 Å². The molecule has 0 spiro atoms. The Hall–Kier alpha value is -2.84. The van der Waals surface area contributed by atoms with Crippen LogP contribution in [0.1, 0.15) is 0 Å². The predicted molar refractivity (Wildman–Crippen MR) is 126 cm³/mol. The smallest absolute Gasteiger partial charge is 1.00 e. The topological polar surface area (TPSA) is 90.2 Å². The SMILES string of the molecule is FP(F)(F)(F)F.[Cl-].[F-].[Rh+3].[Ru+2].c1ccc(-c2cccc(-c3ccccn3)n2)nc1.c1cnc(-c2ncccn2)nc1. The van der Waals surface area contributed by atoms with E-state index in [1.54, 1.807) is 49.3 Å². The molecule has 5 aromatic heterocycles. The Morgan fingerprint density at radius 1 is 0.450 bits per heavy atom. The molecule has 40 heavy (non-hydrogen) atoms. The first-order valence-electron chi connectivity index (χ1n) is 10.1. The second kappa shape index (κ2) is 18.5. The molecule has 17 heteroatoms. The predicted octanol–water partition coefficient (Wildman–Crippen LogP) is 1.10. The molecule has 5 rings (SSSR count). The van der Waals surface area contributed by atoms with Crippen molar-refractivity contribution in [1.29, 1.82) is 0 Å². The van der Waals surface area contributed by atoms with E-state index in [-0.39, 0.29) is 56.1 Å². The van der Waals surface area contributed by atoms with Crippen LogP contribution in [0.2, 0.25) is 0 Å². The van der Waals surface area contributed by atoms with Crippen molar-refractivity contribution >= 4 is 8.16 Å². The molecule has 212 valence electrons. The summed E-state index contributed by atoms with van der Waals surface area (Å²) in [7, 11) is -8.55. The molecular weight excluding hydrogens is 759 g/mol. The average Bonchev–Trinajstić information content (AvgIpc) is 2.90. The van der Waals surface area contributed by atoms with E-state index >= 15 is 0 Å². The van der Waals surface area contributed by atoms with Gasteiger partial charge in [0.2, 0.25) is 0 Å². The Balaban J connectivity index is 0. The second-order valence-electron chi connectivity index (χ2n) is 6.62. The number of nitrogens with zero attached hydrogens (tertiary/aromatic N) is 7. The van der Waals surface area contributed by atoms with Gasteiger partial charge < -0.3 is 17.1 Å². The van der Waals surface area contributed by atoms with Crippen molar-refractivity contribution < 1.29 is 77.1 Å². The van der Waals surface area contributed by atoms with Crippen molar-refractivity contribution in [3.05, 3.63) is 104 Å². The van der Waals surface area contributed by atoms with Crippen molar-refractivity contribution in [1.82, 2.24) is 34.9 Å². The zero-order chi connectivity index (χ0) is 25.9. The second-order valence-corrected chi connectivity index (χ2v) is 7.90. The Bertz CT molecular complexity index is 1260.